The van der Waals surface area contributed by atoms with Gasteiger partial charge in [0, 0.05) is 11.3 Å². The fourth-order valence-corrected chi connectivity index (χ4v) is 1.73. The second kappa shape index (κ2) is 6.42. The Morgan fingerprint density at radius 3 is 2.65 bits per heavy atom. The molecule has 2 aromatic rings. The van der Waals surface area contributed by atoms with Gasteiger partial charge in [-0.05, 0) is 19.1 Å². The topological polar surface area (TPSA) is 87.5 Å². The Morgan fingerprint density at radius 2 is 2.00 bits per heavy atom. The van der Waals surface area contributed by atoms with Crippen LogP contribution in [0.2, 0.25) is 0 Å². The van der Waals surface area contributed by atoms with Crippen LogP contribution in [0.4, 0.5) is 19.1 Å². The summed E-state index contributed by atoms with van der Waals surface area (Å²) >= 11 is 0. The van der Waals surface area contributed by atoms with Crippen LogP contribution in [0.3, 0.4) is 0 Å². The molecule has 0 fully saturated rings. The zero-order chi connectivity index (χ0) is 17.0. The predicted molar refractivity (Wildman–Crippen MR) is 76.4 cm³/mol. The predicted octanol–water partition coefficient (Wildman–Crippen LogP) is 2.95. The molecule has 1 aromatic carbocycles. The number of aromatic carboxylic acids is 1. The molecular weight excluding hydrogens is 313 g/mol. The van der Waals surface area contributed by atoms with Crippen LogP contribution in [0.15, 0.2) is 35.4 Å². The van der Waals surface area contributed by atoms with E-state index in [4.69, 9.17) is 5.11 Å². The number of aromatic nitrogens is 2. The maximum Gasteiger partial charge on any atom is 0.433 e. The average molecular weight is 324 g/mol. The van der Waals surface area contributed by atoms with Gasteiger partial charge in [0.25, 0.3) is 0 Å². The molecule has 2 rings (SSSR count). The highest BCUT2D eigenvalue weighted by molar-refractivity contribution is 5.98. The van der Waals surface area contributed by atoms with Crippen LogP contribution in [-0.4, -0.2) is 27.3 Å². The van der Waals surface area contributed by atoms with Gasteiger partial charge in [0.2, 0.25) is 5.95 Å². The second-order valence-electron chi connectivity index (χ2n) is 4.48. The number of carboxylic acids is 1. The lowest BCUT2D eigenvalue weighted by atomic mass is 10.1. The molecule has 0 radical (unpaired) electrons. The van der Waals surface area contributed by atoms with Crippen LogP contribution in [0, 0.1) is 6.92 Å². The van der Waals surface area contributed by atoms with Crippen molar-refractivity contribution in [2.75, 3.05) is 5.43 Å². The lowest BCUT2D eigenvalue weighted by Crippen LogP contribution is -2.11. The number of aryl methyl sites for hydroxylation is 1. The third-order valence-electron chi connectivity index (χ3n) is 2.70. The maximum absolute atomic E-state index is 12.7. The van der Waals surface area contributed by atoms with Gasteiger partial charge in [-0.1, -0.05) is 18.2 Å². The maximum atomic E-state index is 12.7. The smallest absolute Gasteiger partial charge is 0.433 e. The number of nitrogens with one attached hydrogen (secondary N) is 1. The number of nitrogens with zero attached hydrogens (tertiary/aromatic N) is 3. The number of benzene rings is 1. The van der Waals surface area contributed by atoms with Crippen molar-refractivity contribution in [2.45, 2.75) is 13.1 Å². The van der Waals surface area contributed by atoms with E-state index in [0.29, 0.717) is 0 Å². The van der Waals surface area contributed by atoms with Gasteiger partial charge in [0.15, 0.2) is 0 Å². The van der Waals surface area contributed by atoms with Crippen molar-refractivity contribution >= 4 is 18.1 Å². The van der Waals surface area contributed by atoms with Crippen LogP contribution in [0.5, 0.6) is 0 Å². The zero-order valence-corrected chi connectivity index (χ0v) is 11.8. The van der Waals surface area contributed by atoms with Gasteiger partial charge in [0.1, 0.15) is 5.69 Å². The minimum Gasteiger partial charge on any atom is -0.478 e. The monoisotopic (exact) mass is 324 g/mol. The third kappa shape index (κ3) is 4.25. The highest BCUT2D eigenvalue weighted by Crippen LogP contribution is 2.28. The molecule has 1 aromatic heterocycles. The molecule has 0 aliphatic rings. The van der Waals surface area contributed by atoms with E-state index < -0.39 is 17.8 Å². The summed E-state index contributed by atoms with van der Waals surface area (Å²) in [4.78, 5) is 18.1. The van der Waals surface area contributed by atoms with E-state index in [1.165, 1.54) is 25.3 Å². The van der Waals surface area contributed by atoms with Gasteiger partial charge in [-0.15, -0.1) is 0 Å². The average Bonchev–Trinajstić information content (AvgIpc) is 2.46. The molecule has 120 valence electrons. The number of hydrogen-bond acceptors (Lipinski definition) is 5. The minimum atomic E-state index is -4.59. The second-order valence-corrected chi connectivity index (χ2v) is 4.48. The Labute approximate surface area is 128 Å². The Kier molecular flexibility index (Phi) is 4.58. The summed E-state index contributed by atoms with van der Waals surface area (Å²) < 4.78 is 38.0. The first kappa shape index (κ1) is 16.4. The van der Waals surface area contributed by atoms with E-state index in [1.807, 2.05) is 0 Å². The van der Waals surface area contributed by atoms with Crippen molar-refractivity contribution in [3.8, 4) is 0 Å². The summed E-state index contributed by atoms with van der Waals surface area (Å²) in [5, 5.41) is 12.7. The molecule has 0 aliphatic heterocycles. The lowest BCUT2D eigenvalue weighted by Gasteiger charge is -2.08. The first-order chi connectivity index (χ1) is 10.8. The SMILES string of the molecule is Cc1cc(C(F)(F)F)nc(N/N=C/c2ccccc2C(=O)O)n1. The number of anilines is 1. The molecule has 0 bridgehead atoms. The molecule has 23 heavy (non-hydrogen) atoms. The van der Waals surface area contributed by atoms with Crippen LogP contribution < -0.4 is 5.43 Å². The number of carboxylic acid groups (broad SMARTS) is 1. The van der Waals surface area contributed by atoms with Gasteiger partial charge in [0.05, 0.1) is 11.8 Å². The lowest BCUT2D eigenvalue weighted by molar-refractivity contribution is -0.141. The molecule has 1 heterocycles. The van der Waals surface area contributed by atoms with E-state index in [-0.39, 0.29) is 22.8 Å². The molecule has 9 heteroatoms. The van der Waals surface area contributed by atoms with Gasteiger partial charge in [-0.2, -0.15) is 18.3 Å². The molecule has 0 amide bonds. The summed E-state index contributed by atoms with van der Waals surface area (Å²) in [6.07, 6.45) is -3.42. The molecule has 0 aliphatic carbocycles. The summed E-state index contributed by atoms with van der Waals surface area (Å²) in [6, 6.07) is 6.86. The van der Waals surface area contributed by atoms with Gasteiger partial charge in [-0.25, -0.2) is 20.2 Å². The van der Waals surface area contributed by atoms with E-state index in [1.54, 1.807) is 12.1 Å². The summed E-state index contributed by atoms with van der Waals surface area (Å²) in [7, 11) is 0. The molecule has 0 atom stereocenters. The van der Waals surface area contributed by atoms with Crippen molar-refractivity contribution in [2.24, 2.45) is 5.10 Å². The number of hydrazone groups is 1. The summed E-state index contributed by atoms with van der Waals surface area (Å²) in [5.74, 6) is -1.47. The highest BCUT2D eigenvalue weighted by atomic mass is 19.4. The number of hydrogen-bond donors (Lipinski definition) is 2. The Hall–Kier alpha value is -2.97. The minimum absolute atomic E-state index is 0.0131. The van der Waals surface area contributed by atoms with E-state index in [0.717, 1.165) is 6.07 Å². The number of alkyl halides is 3. The van der Waals surface area contributed by atoms with Crippen LogP contribution in [-0.2, 0) is 6.18 Å². The van der Waals surface area contributed by atoms with Crippen molar-refractivity contribution in [3.63, 3.8) is 0 Å². The Morgan fingerprint density at radius 1 is 1.30 bits per heavy atom. The van der Waals surface area contributed by atoms with Crippen molar-refractivity contribution < 1.29 is 23.1 Å². The largest absolute Gasteiger partial charge is 0.478 e. The number of halogens is 3. The number of rotatable bonds is 4. The standard InChI is InChI=1S/C14H11F3N4O2/c1-8-6-11(14(15,16)17)20-13(19-8)21-18-7-9-4-2-3-5-10(9)12(22)23/h2-7H,1H3,(H,22,23)(H,19,20,21)/b18-7+. The van der Waals surface area contributed by atoms with Gasteiger partial charge in [-0.3, -0.25) is 0 Å². The van der Waals surface area contributed by atoms with Crippen molar-refractivity contribution in [3.05, 3.63) is 52.8 Å². The highest BCUT2D eigenvalue weighted by Gasteiger charge is 2.33. The van der Waals surface area contributed by atoms with Gasteiger partial charge >= 0.3 is 12.1 Å². The normalized spacial score (nSPS) is 11.7. The molecule has 0 unspecified atom stereocenters. The Bertz CT molecular complexity index is 760. The first-order valence-corrected chi connectivity index (χ1v) is 6.31. The molecule has 0 saturated heterocycles. The molecule has 6 nitrogen and oxygen atoms in total. The third-order valence-corrected chi connectivity index (χ3v) is 2.70. The summed E-state index contributed by atoms with van der Waals surface area (Å²) in [5.41, 5.74) is 1.60. The quantitative estimate of drug-likeness (QED) is 0.667. The zero-order valence-electron chi connectivity index (χ0n) is 11.8. The number of carbonyl (C=O) groups is 1. The van der Waals surface area contributed by atoms with E-state index in [9.17, 15) is 18.0 Å². The molecular formula is C14H11F3N4O2. The van der Waals surface area contributed by atoms with Crippen molar-refractivity contribution in [1.29, 1.82) is 0 Å². The summed E-state index contributed by atoms with van der Waals surface area (Å²) in [6.45, 7) is 1.39. The van der Waals surface area contributed by atoms with Crippen molar-refractivity contribution in [1.82, 2.24) is 9.97 Å². The fraction of sp³-hybridized carbons (Fsp3) is 0.143. The van der Waals surface area contributed by atoms with Crippen LogP contribution in [0.1, 0.15) is 27.3 Å². The first-order valence-electron chi connectivity index (χ1n) is 6.31. The van der Waals surface area contributed by atoms with E-state index >= 15 is 0 Å². The molecule has 0 spiro atoms. The van der Waals surface area contributed by atoms with Gasteiger partial charge < -0.3 is 5.11 Å². The Balaban J connectivity index is 2.22. The van der Waals surface area contributed by atoms with E-state index in [2.05, 4.69) is 20.5 Å². The molecule has 2 N–H and O–H groups in total. The van der Waals surface area contributed by atoms with Crippen LogP contribution >= 0.6 is 0 Å². The fourth-order valence-electron chi connectivity index (χ4n) is 1.73. The van der Waals surface area contributed by atoms with Crippen LogP contribution in [0.25, 0.3) is 0 Å². The molecule has 0 saturated carbocycles.